The van der Waals surface area contributed by atoms with Crippen LogP contribution >= 0.6 is 0 Å². The molecule has 0 atom stereocenters. The van der Waals surface area contributed by atoms with E-state index in [9.17, 15) is 9.59 Å². The summed E-state index contributed by atoms with van der Waals surface area (Å²) in [6.45, 7) is 3.59. The molecule has 0 bridgehead atoms. The van der Waals surface area contributed by atoms with Crippen molar-refractivity contribution in [3.63, 3.8) is 0 Å². The Kier molecular flexibility index (Phi) is 9.02. The van der Waals surface area contributed by atoms with E-state index in [0.717, 1.165) is 24.2 Å². The summed E-state index contributed by atoms with van der Waals surface area (Å²) in [5, 5.41) is 0. The number of ether oxygens (including phenoxy) is 2. The minimum absolute atomic E-state index is 0.232. The average Bonchev–Trinajstić information content (AvgIpc) is 2.67. The molecule has 2 aromatic carbocycles. The molecule has 0 fully saturated rings. The summed E-state index contributed by atoms with van der Waals surface area (Å²) >= 11 is 0. The molecule has 6 heteroatoms. The fourth-order valence-corrected chi connectivity index (χ4v) is 3.16. The summed E-state index contributed by atoms with van der Waals surface area (Å²) in [6.07, 6.45) is -0.990. The Morgan fingerprint density at radius 2 is 1.20 bits per heavy atom. The van der Waals surface area contributed by atoms with Crippen molar-refractivity contribution in [1.82, 2.24) is 9.80 Å². The van der Waals surface area contributed by atoms with Gasteiger partial charge in [0.1, 0.15) is 6.42 Å². The SMILES string of the molecule is CCOC(=O)CC(=O)OC(c1ccc(CN(C)C)cc1)c1ccc(CN(C)C)cc1. The first-order valence-corrected chi connectivity index (χ1v) is 10.1. The van der Waals surface area contributed by atoms with E-state index in [2.05, 4.69) is 9.80 Å². The first-order chi connectivity index (χ1) is 14.3. The summed E-state index contributed by atoms with van der Waals surface area (Å²) in [5.74, 6) is -1.18. The molecule has 0 unspecified atom stereocenters. The molecule has 0 spiro atoms. The van der Waals surface area contributed by atoms with Crippen LogP contribution in [0.2, 0.25) is 0 Å². The second kappa shape index (κ2) is 11.5. The van der Waals surface area contributed by atoms with Crippen LogP contribution in [-0.2, 0) is 32.2 Å². The largest absolute Gasteiger partial charge is 0.466 e. The zero-order chi connectivity index (χ0) is 22.1. The van der Waals surface area contributed by atoms with E-state index in [4.69, 9.17) is 9.47 Å². The summed E-state index contributed by atoms with van der Waals surface area (Å²) < 4.78 is 10.6. The maximum absolute atomic E-state index is 12.4. The molecule has 2 rings (SSSR count). The number of rotatable bonds is 10. The molecular formula is C24H32N2O4. The van der Waals surface area contributed by atoms with E-state index in [0.29, 0.717) is 0 Å². The highest BCUT2D eigenvalue weighted by Gasteiger charge is 2.21. The molecule has 0 radical (unpaired) electrons. The summed E-state index contributed by atoms with van der Waals surface area (Å²) in [6, 6.07) is 16.0. The standard InChI is InChI=1S/C24H32N2O4/c1-6-29-22(27)15-23(28)30-24(20-11-7-18(8-12-20)16-25(2)3)21-13-9-19(10-14-21)17-26(4)5/h7-14,24H,6,15-17H2,1-5H3. The van der Waals surface area contributed by atoms with E-state index in [1.165, 1.54) is 11.1 Å². The van der Waals surface area contributed by atoms with Gasteiger partial charge in [-0.15, -0.1) is 0 Å². The second-order valence-corrected chi connectivity index (χ2v) is 7.81. The number of benzene rings is 2. The van der Waals surface area contributed by atoms with Crippen molar-refractivity contribution in [3.05, 3.63) is 70.8 Å². The third-order valence-electron chi connectivity index (χ3n) is 4.41. The predicted molar refractivity (Wildman–Crippen MR) is 117 cm³/mol. The molecule has 0 saturated carbocycles. The van der Waals surface area contributed by atoms with Gasteiger partial charge in [0.2, 0.25) is 0 Å². The summed E-state index contributed by atoms with van der Waals surface area (Å²) in [4.78, 5) is 28.2. The molecular weight excluding hydrogens is 380 g/mol. The maximum atomic E-state index is 12.4. The average molecular weight is 413 g/mol. The number of nitrogens with zero attached hydrogens (tertiary/aromatic N) is 2. The van der Waals surface area contributed by atoms with Gasteiger partial charge in [-0.3, -0.25) is 9.59 Å². The fourth-order valence-electron chi connectivity index (χ4n) is 3.16. The highest BCUT2D eigenvalue weighted by molar-refractivity contribution is 5.91. The zero-order valence-electron chi connectivity index (χ0n) is 18.6. The topological polar surface area (TPSA) is 59.1 Å². The molecule has 6 nitrogen and oxygen atoms in total. The van der Waals surface area contributed by atoms with Gasteiger partial charge < -0.3 is 19.3 Å². The van der Waals surface area contributed by atoms with Gasteiger partial charge in [-0.25, -0.2) is 0 Å². The van der Waals surface area contributed by atoms with Crippen LogP contribution in [0.1, 0.15) is 41.7 Å². The normalized spacial score (nSPS) is 11.2. The fraction of sp³-hybridized carbons (Fsp3) is 0.417. The molecule has 0 heterocycles. The third-order valence-corrected chi connectivity index (χ3v) is 4.41. The summed E-state index contributed by atoms with van der Waals surface area (Å²) in [5.41, 5.74) is 4.05. The van der Waals surface area contributed by atoms with Crippen molar-refractivity contribution in [2.45, 2.75) is 32.5 Å². The third kappa shape index (κ3) is 7.61. The quantitative estimate of drug-likeness (QED) is 0.440. The van der Waals surface area contributed by atoms with Gasteiger partial charge in [0.15, 0.2) is 6.10 Å². The number of esters is 2. The maximum Gasteiger partial charge on any atom is 0.318 e. The smallest absolute Gasteiger partial charge is 0.318 e. The van der Waals surface area contributed by atoms with Crippen molar-refractivity contribution in [3.8, 4) is 0 Å². The second-order valence-electron chi connectivity index (χ2n) is 7.81. The predicted octanol–water partition coefficient (Wildman–Crippen LogP) is 3.40. The lowest BCUT2D eigenvalue weighted by molar-refractivity contribution is -0.156. The molecule has 2 aromatic rings. The van der Waals surface area contributed by atoms with Gasteiger partial charge in [-0.05, 0) is 57.4 Å². The van der Waals surface area contributed by atoms with Crippen molar-refractivity contribution in [1.29, 1.82) is 0 Å². The van der Waals surface area contributed by atoms with E-state index in [1.54, 1.807) is 6.92 Å². The molecule has 0 aromatic heterocycles. The molecule has 30 heavy (non-hydrogen) atoms. The molecule has 0 amide bonds. The Hall–Kier alpha value is -2.70. The minimum Gasteiger partial charge on any atom is -0.466 e. The van der Waals surface area contributed by atoms with Crippen LogP contribution in [-0.4, -0.2) is 56.5 Å². The Balaban J connectivity index is 2.25. The molecule has 0 aliphatic heterocycles. The Morgan fingerprint density at radius 1 is 0.767 bits per heavy atom. The van der Waals surface area contributed by atoms with Crippen molar-refractivity contribution in [2.75, 3.05) is 34.8 Å². The number of hydrogen-bond acceptors (Lipinski definition) is 6. The highest BCUT2D eigenvalue weighted by atomic mass is 16.6. The highest BCUT2D eigenvalue weighted by Crippen LogP contribution is 2.28. The van der Waals surface area contributed by atoms with Crippen LogP contribution in [0, 0.1) is 0 Å². The van der Waals surface area contributed by atoms with E-state index >= 15 is 0 Å². The Morgan fingerprint density at radius 3 is 1.57 bits per heavy atom. The van der Waals surface area contributed by atoms with Crippen molar-refractivity contribution < 1.29 is 19.1 Å². The van der Waals surface area contributed by atoms with Crippen LogP contribution < -0.4 is 0 Å². The Bertz CT molecular complexity index is 761. The first kappa shape index (κ1) is 23.6. The number of carbonyl (C=O) groups is 2. The summed E-state index contributed by atoms with van der Waals surface area (Å²) in [7, 11) is 8.07. The Labute approximate surface area is 179 Å². The van der Waals surface area contributed by atoms with Gasteiger partial charge in [0, 0.05) is 13.1 Å². The first-order valence-electron chi connectivity index (χ1n) is 10.1. The number of hydrogen-bond donors (Lipinski definition) is 0. The van der Waals surface area contributed by atoms with Crippen LogP contribution in [0.15, 0.2) is 48.5 Å². The molecule has 0 aliphatic rings. The monoisotopic (exact) mass is 412 g/mol. The van der Waals surface area contributed by atoms with E-state index in [1.807, 2.05) is 76.7 Å². The van der Waals surface area contributed by atoms with Crippen LogP contribution in [0.4, 0.5) is 0 Å². The lowest BCUT2D eigenvalue weighted by Crippen LogP contribution is -2.18. The van der Waals surface area contributed by atoms with Crippen molar-refractivity contribution in [2.24, 2.45) is 0 Å². The lowest BCUT2D eigenvalue weighted by Gasteiger charge is -2.20. The van der Waals surface area contributed by atoms with Gasteiger partial charge in [-0.2, -0.15) is 0 Å². The number of carbonyl (C=O) groups excluding carboxylic acids is 2. The molecule has 0 aliphatic carbocycles. The van der Waals surface area contributed by atoms with Crippen molar-refractivity contribution >= 4 is 11.9 Å². The van der Waals surface area contributed by atoms with Gasteiger partial charge in [0.25, 0.3) is 0 Å². The van der Waals surface area contributed by atoms with Gasteiger partial charge >= 0.3 is 11.9 Å². The zero-order valence-corrected chi connectivity index (χ0v) is 18.6. The van der Waals surface area contributed by atoms with E-state index in [-0.39, 0.29) is 6.61 Å². The minimum atomic E-state index is -0.604. The van der Waals surface area contributed by atoms with Crippen LogP contribution in [0.25, 0.3) is 0 Å². The van der Waals surface area contributed by atoms with Crippen LogP contribution in [0.3, 0.4) is 0 Å². The molecule has 162 valence electrons. The van der Waals surface area contributed by atoms with Gasteiger partial charge in [0.05, 0.1) is 6.61 Å². The van der Waals surface area contributed by atoms with Gasteiger partial charge in [-0.1, -0.05) is 48.5 Å². The van der Waals surface area contributed by atoms with Crippen LogP contribution in [0.5, 0.6) is 0 Å². The molecule has 0 saturated heterocycles. The lowest BCUT2D eigenvalue weighted by atomic mass is 9.98. The van der Waals surface area contributed by atoms with E-state index < -0.39 is 24.5 Å². The molecule has 0 N–H and O–H groups in total.